The Bertz CT molecular complexity index is 1400. The number of hydrogen-bond donors (Lipinski definition) is 1. The van der Waals surface area contributed by atoms with E-state index < -0.39 is 29.7 Å². The number of fused-ring (bicyclic) bond motifs is 1. The van der Waals surface area contributed by atoms with Gasteiger partial charge in [-0.2, -0.15) is 0 Å². The zero-order valence-corrected chi connectivity index (χ0v) is 20.1. The molecule has 0 aliphatic carbocycles. The van der Waals surface area contributed by atoms with Gasteiger partial charge in [-0.15, -0.1) is 0 Å². The number of methoxy groups -OCH3 is 1. The number of carbonyl (C=O) groups is 4. The molecule has 0 spiro atoms. The van der Waals surface area contributed by atoms with Gasteiger partial charge in [-0.1, -0.05) is 17.7 Å². The fraction of sp³-hybridized carbons (Fsp3) is 0.185. The van der Waals surface area contributed by atoms with E-state index in [0.717, 1.165) is 15.5 Å². The highest BCUT2D eigenvalue weighted by molar-refractivity contribution is 6.23. The van der Waals surface area contributed by atoms with Crippen molar-refractivity contribution in [3.63, 3.8) is 0 Å². The third-order valence-corrected chi connectivity index (χ3v) is 6.11. The predicted molar refractivity (Wildman–Crippen MR) is 131 cm³/mol. The van der Waals surface area contributed by atoms with E-state index >= 15 is 0 Å². The fourth-order valence-electron chi connectivity index (χ4n) is 4.22. The smallest absolute Gasteiger partial charge is 0.273 e. The molecule has 1 saturated heterocycles. The highest BCUT2D eigenvalue weighted by Gasteiger charge is 2.46. The summed E-state index contributed by atoms with van der Waals surface area (Å²) in [5.41, 5.74) is 4.20. The van der Waals surface area contributed by atoms with Crippen molar-refractivity contribution in [2.24, 2.45) is 0 Å². The second-order valence-electron chi connectivity index (χ2n) is 8.54. The summed E-state index contributed by atoms with van der Waals surface area (Å²) in [4.78, 5) is 54.2. The predicted octanol–water partition coefficient (Wildman–Crippen LogP) is 2.85. The number of carbonyl (C=O) groups excluding carboxylic acids is 4. The van der Waals surface area contributed by atoms with Crippen LogP contribution >= 0.6 is 0 Å². The Labute approximate surface area is 212 Å². The highest BCUT2D eigenvalue weighted by Crippen LogP contribution is 2.37. The number of aryl methyl sites for hydroxylation is 1. The number of hydrogen-bond acceptors (Lipinski definition) is 7. The van der Waals surface area contributed by atoms with Crippen molar-refractivity contribution < 1.29 is 33.4 Å². The Balaban J connectivity index is 1.47. The number of benzene rings is 3. The second kappa shape index (κ2) is 9.65. The zero-order valence-electron chi connectivity index (χ0n) is 20.1. The molecule has 0 saturated carbocycles. The SMILES string of the molecule is COc1ccc(C(=O)N(NC(=O)c2cccc(C)c2)C2CC(=O)N(c3ccc4c(c3)OCO4)C2=O)cc1. The number of anilines is 1. The van der Waals surface area contributed by atoms with Crippen molar-refractivity contribution in [2.45, 2.75) is 19.4 Å². The summed E-state index contributed by atoms with van der Waals surface area (Å²) in [6.07, 6.45) is -0.316. The molecule has 5 rings (SSSR count). The Hall–Kier alpha value is -4.86. The van der Waals surface area contributed by atoms with E-state index in [1.807, 2.05) is 13.0 Å². The fourth-order valence-corrected chi connectivity index (χ4v) is 4.22. The monoisotopic (exact) mass is 501 g/mol. The number of nitrogens with zero attached hydrogens (tertiary/aromatic N) is 2. The number of ether oxygens (including phenoxy) is 3. The Kier molecular flexibility index (Phi) is 6.22. The van der Waals surface area contributed by atoms with Gasteiger partial charge in [0, 0.05) is 17.2 Å². The average Bonchev–Trinajstić information content (AvgIpc) is 3.49. The molecule has 2 aliphatic heterocycles. The van der Waals surface area contributed by atoms with E-state index in [4.69, 9.17) is 14.2 Å². The quantitative estimate of drug-likeness (QED) is 0.422. The zero-order chi connectivity index (χ0) is 26.1. The van der Waals surface area contributed by atoms with Gasteiger partial charge < -0.3 is 14.2 Å². The van der Waals surface area contributed by atoms with E-state index in [2.05, 4.69) is 5.43 Å². The minimum Gasteiger partial charge on any atom is -0.497 e. The first-order valence-corrected chi connectivity index (χ1v) is 11.5. The molecule has 0 bridgehead atoms. The molecule has 188 valence electrons. The van der Waals surface area contributed by atoms with Gasteiger partial charge in [-0.3, -0.25) is 24.6 Å². The first-order valence-electron chi connectivity index (χ1n) is 11.5. The topological polar surface area (TPSA) is 114 Å². The molecule has 0 aromatic heterocycles. The lowest BCUT2D eigenvalue weighted by Crippen LogP contribution is -2.54. The van der Waals surface area contributed by atoms with E-state index in [0.29, 0.717) is 22.8 Å². The van der Waals surface area contributed by atoms with E-state index in [1.54, 1.807) is 42.5 Å². The van der Waals surface area contributed by atoms with Crippen molar-refractivity contribution >= 4 is 29.3 Å². The highest BCUT2D eigenvalue weighted by atomic mass is 16.7. The molecule has 0 radical (unpaired) electrons. The summed E-state index contributed by atoms with van der Waals surface area (Å²) in [6.45, 7) is 1.87. The summed E-state index contributed by atoms with van der Waals surface area (Å²) < 4.78 is 15.8. The van der Waals surface area contributed by atoms with Crippen LogP contribution in [0.3, 0.4) is 0 Å². The van der Waals surface area contributed by atoms with E-state index in [-0.39, 0.29) is 24.5 Å². The standard InChI is InChI=1S/C27H23N3O7/c1-16-4-3-5-18(12-16)25(32)28-30(26(33)17-6-9-20(35-2)10-7-17)21-14-24(31)29(27(21)34)19-8-11-22-23(13-19)37-15-36-22/h3-13,21H,14-15H2,1-2H3,(H,28,32). The molecule has 10 heteroatoms. The number of amides is 4. The first kappa shape index (κ1) is 23.9. The van der Waals surface area contributed by atoms with Crippen LogP contribution in [0.2, 0.25) is 0 Å². The molecular formula is C27H23N3O7. The number of nitrogens with one attached hydrogen (secondary N) is 1. The normalized spacial score (nSPS) is 16.1. The van der Waals surface area contributed by atoms with Crippen molar-refractivity contribution in [1.82, 2.24) is 10.4 Å². The van der Waals surface area contributed by atoms with Gasteiger partial charge in [0.1, 0.15) is 11.8 Å². The maximum atomic E-state index is 13.6. The van der Waals surface area contributed by atoms with Crippen molar-refractivity contribution in [2.75, 3.05) is 18.8 Å². The largest absolute Gasteiger partial charge is 0.497 e. The Morgan fingerprint density at radius 2 is 1.73 bits per heavy atom. The third-order valence-electron chi connectivity index (χ3n) is 6.11. The molecule has 4 amide bonds. The molecule has 1 atom stereocenters. The molecule has 1 unspecified atom stereocenters. The second-order valence-corrected chi connectivity index (χ2v) is 8.54. The summed E-state index contributed by atoms with van der Waals surface area (Å²) >= 11 is 0. The van der Waals surface area contributed by atoms with Gasteiger partial charge in [0.05, 0.1) is 19.2 Å². The van der Waals surface area contributed by atoms with Crippen LogP contribution in [0.25, 0.3) is 0 Å². The molecular weight excluding hydrogens is 478 g/mol. The van der Waals surface area contributed by atoms with Crippen LogP contribution in [-0.4, -0.2) is 48.6 Å². The molecule has 3 aromatic rings. The van der Waals surface area contributed by atoms with Crippen molar-refractivity contribution in [1.29, 1.82) is 0 Å². The minimum absolute atomic E-state index is 0.0401. The van der Waals surface area contributed by atoms with Crippen LogP contribution in [0.5, 0.6) is 17.2 Å². The third kappa shape index (κ3) is 4.56. The average molecular weight is 501 g/mol. The molecule has 3 aromatic carbocycles. The maximum absolute atomic E-state index is 13.6. The van der Waals surface area contributed by atoms with Gasteiger partial charge in [0.2, 0.25) is 12.7 Å². The van der Waals surface area contributed by atoms with Crippen LogP contribution in [-0.2, 0) is 9.59 Å². The molecule has 1 N–H and O–H groups in total. The maximum Gasteiger partial charge on any atom is 0.273 e. The van der Waals surface area contributed by atoms with Crippen molar-refractivity contribution in [3.8, 4) is 17.2 Å². The molecule has 2 heterocycles. The van der Waals surface area contributed by atoms with Gasteiger partial charge in [0.15, 0.2) is 11.5 Å². The van der Waals surface area contributed by atoms with E-state index in [9.17, 15) is 19.2 Å². The lowest BCUT2D eigenvalue weighted by molar-refractivity contribution is -0.122. The lowest BCUT2D eigenvalue weighted by Gasteiger charge is -2.28. The lowest BCUT2D eigenvalue weighted by atomic mass is 10.1. The van der Waals surface area contributed by atoms with Crippen LogP contribution in [0.4, 0.5) is 5.69 Å². The number of hydrazine groups is 1. The Morgan fingerprint density at radius 3 is 2.46 bits per heavy atom. The van der Waals surface area contributed by atoms with E-state index in [1.165, 1.54) is 25.3 Å². The van der Waals surface area contributed by atoms with Crippen molar-refractivity contribution in [3.05, 3.63) is 83.4 Å². The van der Waals surface area contributed by atoms with Gasteiger partial charge in [0.25, 0.3) is 17.7 Å². The van der Waals surface area contributed by atoms with Gasteiger partial charge >= 0.3 is 0 Å². The molecule has 10 nitrogen and oxygen atoms in total. The molecule has 37 heavy (non-hydrogen) atoms. The minimum atomic E-state index is -1.26. The number of imide groups is 1. The van der Waals surface area contributed by atoms with Crippen LogP contribution in [0.15, 0.2) is 66.7 Å². The van der Waals surface area contributed by atoms with Crippen LogP contribution < -0.4 is 24.5 Å². The van der Waals surface area contributed by atoms with Gasteiger partial charge in [-0.25, -0.2) is 9.91 Å². The van der Waals surface area contributed by atoms with Crippen LogP contribution in [0, 0.1) is 6.92 Å². The molecule has 1 fully saturated rings. The first-order chi connectivity index (χ1) is 17.9. The summed E-state index contributed by atoms with van der Waals surface area (Å²) in [5, 5.41) is 0.930. The summed E-state index contributed by atoms with van der Waals surface area (Å²) in [5.74, 6) is -0.981. The molecule has 2 aliphatic rings. The Morgan fingerprint density at radius 1 is 0.973 bits per heavy atom. The summed E-state index contributed by atoms with van der Waals surface area (Å²) in [6, 6.07) is 16.5. The number of rotatable bonds is 5. The summed E-state index contributed by atoms with van der Waals surface area (Å²) in [7, 11) is 1.50. The van der Waals surface area contributed by atoms with Gasteiger partial charge in [-0.05, 0) is 55.5 Å². The van der Waals surface area contributed by atoms with Crippen LogP contribution in [0.1, 0.15) is 32.7 Å².